The summed E-state index contributed by atoms with van der Waals surface area (Å²) in [7, 11) is -3.92. The smallest absolute Gasteiger partial charge is 0.264 e. The van der Waals surface area contributed by atoms with E-state index in [1.807, 2.05) is 6.92 Å². The fourth-order valence-corrected chi connectivity index (χ4v) is 4.28. The lowest BCUT2D eigenvalue weighted by atomic mass is 10.2. The van der Waals surface area contributed by atoms with Gasteiger partial charge in [-0.25, -0.2) is 8.42 Å². The van der Waals surface area contributed by atoms with Crippen LogP contribution in [0.4, 0.5) is 11.4 Å². The number of anilines is 2. The Bertz CT molecular complexity index is 1070. The summed E-state index contributed by atoms with van der Waals surface area (Å²) in [6, 6.07) is 21.7. The van der Waals surface area contributed by atoms with Gasteiger partial charge >= 0.3 is 0 Å². The molecule has 0 bridgehead atoms. The molecule has 3 aromatic carbocycles. The van der Waals surface area contributed by atoms with Crippen LogP contribution in [0.15, 0.2) is 83.8 Å². The predicted octanol–water partition coefficient (Wildman–Crippen LogP) is 4.48. The van der Waals surface area contributed by atoms with Gasteiger partial charge in [-0.05, 0) is 49.4 Å². The molecule has 5 nitrogen and oxygen atoms in total. The average Bonchev–Trinajstić information content (AvgIpc) is 2.67. The number of benzene rings is 3. The van der Waals surface area contributed by atoms with Gasteiger partial charge < -0.3 is 5.32 Å². The number of carbonyl (C=O) groups excluding carboxylic acids is 1. The highest BCUT2D eigenvalue weighted by atomic mass is 35.5. The Morgan fingerprint density at radius 1 is 0.964 bits per heavy atom. The van der Waals surface area contributed by atoms with E-state index < -0.39 is 15.9 Å². The van der Waals surface area contributed by atoms with E-state index >= 15 is 0 Å². The Morgan fingerprint density at radius 3 is 2.29 bits per heavy atom. The van der Waals surface area contributed by atoms with Crippen LogP contribution in [0.5, 0.6) is 0 Å². The summed E-state index contributed by atoms with van der Waals surface area (Å²) in [5.41, 5.74) is 1.90. The van der Waals surface area contributed by atoms with Gasteiger partial charge in [0.05, 0.1) is 10.6 Å². The second kappa shape index (κ2) is 8.46. The molecule has 0 spiro atoms. The first-order valence-corrected chi connectivity index (χ1v) is 10.4. The summed E-state index contributed by atoms with van der Waals surface area (Å²) in [5, 5.41) is 3.17. The fourth-order valence-electron chi connectivity index (χ4n) is 2.64. The van der Waals surface area contributed by atoms with Crippen molar-refractivity contribution in [2.45, 2.75) is 11.8 Å². The first kappa shape index (κ1) is 19.9. The third kappa shape index (κ3) is 4.71. The summed E-state index contributed by atoms with van der Waals surface area (Å²) in [6.07, 6.45) is 0. The summed E-state index contributed by atoms with van der Waals surface area (Å²) in [5.74, 6) is -0.470. The monoisotopic (exact) mass is 414 g/mol. The van der Waals surface area contributed by atoms with Crippen molar-refractivity contribution in [3.8, 4) is 0 Å². The maximum absolute atomic E-state index is 13.2. The maximum atomic E-state index is 13.2. The number of halogens is 1. The van der Waals surface area contributed by atoms with Crippen LogP contribution in [-0.4, -0.2) is 20.9 Å². The lowest BCUT2D eigenvalue weighted by molar-refractivity contribution is -0.114. The van der Waals surface area contributed by atoms with Crippen molar-refractivity contribution in [1.82, 2.24) is 0 Å². The Balaban J connectivity index is 1.92. The molecular formula is C21H19ClN2O3S. The quantitative estimate of drug-likeness (QED) is 0.646. The number of nitrogens with zero attached hydrogens (tertiary/aromatic N) is 1. The van der Waals surface area contributed by atoms with Crippen LogP contribution in [0.1, 0.15) is 5.56 Å². The van der Waals surface area contributed by atoms with Gasteiger partial charge in [0.25, 0.3) is 10.0 Å². The van der Waals surface area contributed by atoms with Gasteiger partial charge in [-0.1, -0.05) is 53.6 Å². The molecule has 0 saturated carbocycles. The van der Waals surface area contributed by atoms with Crippen LogP contribution in [0.25, 0.3) is 0 Å². The largest absolute Gasteiger partial charge is 0.324 e. The van der Waals surface area contributed by atoms with Gasteiger partial charge in [0.2, 0.25) is 5.91 Å². The minimum atomic E-state index is -3.92. The average molecular weight is 415 g/mol. The molecule has 0 atom stereocenters. The topological polar surface area (TPSA) is 66.5 Å². The van der Waals surface area contributed by atoms with Gasteiger partial charge in [-0.2, -0.15) is 0 Å². The summed E-state index contributed by atoms with van der Waals surface area (Å²) < 4.78 is 27.5. The predicted molar refractivity (Wildman–Crippen MR) is 112 cm³/mol. The molecule has 0 radical (unpaired) electrons. The zero-order chi connectivity index (χ0) is 20.1. The SMILES string of the molecule is Cc1ccc(N(CC(=O)Nc2cccc(Cl)c2)S(=O)(=O)c2ccccc2)cc1. The minimum absolute atomic E-state index is 0.117. The van der Waals surface area contributed by atoms with Crippen LogP contribution in [0.2, 0.25) is 5.02 Å². The number of aryl methyl sites for hydroxylation is 1. The van der Waals surface area contributed by atoms with Crippen LogP contribution < -0.4 is 9.62 Å². The summed E-state index contributed by atoms with van der Waals surface area (Å²) in [6.45, 7) is 1.54. The molecule has 0 saturated heterocycles. The molecule has 0 unspecified atom stereocenters. The van der Waals surface area contributed by atoms with Gasteiger partial charge in [-0.15, -0.1) is 0 Å². The van der Waals surface area contributed by atoms with Crippen molar-refractivity contribution in [3.05, 3.63) is 89.4 Å². The van der Waals surface area contributed by atoms with E-state index in [0.717, 1.165) is 9.87 Å². The standard InChI is InChI=1S/C21H19ClN2O3S/c1-16-10-12-19(13-11-16)24(28(26,27)20-8-3-2-4-9-20)15-21(25)23-18-7-5-6-17(22)14-18/h2-14H,15H2,1H3,(H,23,25). The molecule has 0 aliphatic rings. The number of hydrogen-bond acceptors (Lipinski definition) is 3. The zero-order valence-electron chi connectivity index (χ0n) is 15.2. The molecule has 0 heterocycles. The van der Waals surface area contributed by atoms with Crippen molar-refractivity contribution in [2.24, 2.45) is 0 Å². The van der Waals surface area contributed by atoms with Crippen molar-refractivity contribution >= 4 is 38.9 Å². The van der Waals surface area contributed by atoms with E-state index in [9.17, 15) is 13.2 Å². The third-order valence-electron chi connectivity index (χ3n) is 4.05. The van der Waals surface area contributed by atoms with E-state index in [2.05, 4.69) is 5.32 Å². The molecule has 0 aliphatic heterocycles. The highest BCUT2D eigenvalue weighted by Gasteiger charge is 2.27. The van der Waals surface area contributed by atoms with Crippen LogP contribution >= 0.6 is 11.6 Å². The van der Waals surface area contributed by atoms with E-state index in [1.54, 1.807) is 66.7 Å². The third-order valence-corrected chi connectivity index (χ3v) is 6.07. The minimum Gasteiger partial charge on any atom is -0.324 e. The van der Waals surface area contributed by atoms with Crippen molar-refractivity contribution in [2.75, 3.05) is 16.2 Å². The molecule has 1 amide bonds. The van der Waals surface area contributed by atoms with E-state index in [0.29, 0.717) is 16.4 Å². The summed E-state index contributed by atoms with van der Waals surface area (Å²) >= 11 is 5.94. The summed E-state index contributed by atoms with van der Waals surface area (Å²) in [4.78, 5) is 12.7. The van der Waals surface area contributed by atoms with Crippen molar-refractivity contribution in [3.63, 3.8) is 0 Å². The van der Waals surface area contributed by atoms with Gasteiger partial charge in [0.15, 0.2) is 0 Å². The van der Waals surface area contributed by atoms with Gasteiger partial charge in [-0.3, -0.25) is 9.10 Å². The first-order valence-electron chi connectivity index (χ1n) is 8.56. The number of rotatable bonds is 6. The number of carbonyl (C=O) groups is 1. The van der Waals surface area contributed by atoms with Crippen LogP contribution in [0.3, 0.4) is 0 Å². The second-order valence-corrected chi connectivity index (χ2v) is 8.52. The van der Waals surface area contributed by atoms with Crippen LogP contribution in [-0.2, 0) is 14.8 Å². The number of hydrogen-bond donors (Lipinski definition) is 1. The first-order chi connectivity index (χ1) is 13.4. The molecule has 0 aliphatic carbocycles. The number of amides is 1. The highest BCUT2D eigenvalue weighted by molar-refractivity contribution is 7.92. The van der Waals surface area contributed by atoms with Crippen molar-refractivity contribution < 1.29 is 13.2 Å². The molecule has 144 valence electrons. The second-order valence-electron chi connectivity index (χ2n) is 6.22. The lowest BCUT2D eigenvalue weighted by Gasteiger charge is -2.24. The molecule has 1 N–H and O–H groups in total. The normalized spacial score (nSPS) is 11.1. The Morgan fingerprint density at radius 2 is 1.64 bits per heavy atom. The molecule has 28 heavy (non-hydrogen) atoms. The Hall–Kier alpha value is -2.83. The van der Waals surface area contributed by atoms with E-state index in [1.165, 1.54) is 12.1 Å². The van der Waals surface area contributed by atoms with Crippen LogP contribution in [0, 0.1) is 6.92 Å². The number of sulfonamides is 1. The van der Waals surface area contributed by atoms with Crippen molar-refractivity contribution in [1.29, 1.82) is 0 Å². The van der Waals surface area contributed by atoms with Gasteiger partial charge in [0, 0.05) is 10.7 Å². The fraction of sp³-hybridized carbons (Fsp3) is 0.0952. The molecular weight excluding hydrogens is 396 g/mol. The van der Waals surface area contributed by atoms with E-state index in [-0.39, 0.29) is 11.4 Å². The highest BCUT2D eigenvalue weighted by Crippen LogP contribution is 2.24. The molecule has 0 aromatic heterocycles. The Kier molecular flexibility index (Phi) is 6.02. The zero-order valence-corrected chi connectivity index (χ0v) is 16.7. The van der Waals surface area contributed by atoms with Gasteiger partial charge in [0.1, 0.15) is 6.54 Å². The molecule has 3 rings (SSSR count). The molecule has 0 fully saturated rings. The lowest BCUT2D eigenvalue weighted by Crippen LogP contribution is -2.38. The Labute approximate surface area is 169 Å². The maximum Gasteiger partial charge on any atom is 0.264 e. The molecule has 3 aromatic rings. The molecule has 7 heteroatoms. The van der Waals surface area contributed by atoms with E-state index in [4.69, 9.17) is 11.6 Å². The number of nitrogens with one attached hydrogen (secondary N) is 1.